The molecule has 0 radical (unpaired) electrons. The normalized spacial score (nSPS) is 23.9. The minimum Gasteiger partial charge on any atom is -0.340 e. The highest BCUT2D eigenvalue weighted by molar-refractivity contribution is 5.83. The van der Waals surface area contributed by atoms with Crippen LogP contribution in [0.25, 0.3) is 0 Å². The van der Waals surface area contributed by atoms with Gasteiger partial charge in [0.25, 0.3) is 0 Å². The molecule has 2 aromatic rings. The van der Waals surface area contributed by atoms with Gasteiger partial charge in [-0.05, 0) is 29.5 Å². The van der Waals surface area contributed by atoms with Gasteiger partial charge < -0.3 is 4.90 Å². The van der Waals surface area contributed by atoms with Crippen LogP contribution in [0.2, 0.25) is 0 Å². The van der Waals surface area contributed by atoms with Crippen LogP contribution in [0.4, 0.5) is 0 Å². The highest BCUT2D eigenvalue weighted by atomic mass is 16.2. The molecule has 1 saturated heterocycles. The second-order valence-corrected chi connectivity index (χ2v) is 6.82. The Bertz CT molecular complexity index is 681. The van der Waals surface area contributed by atoms with Crippen molar-refractivity contribution in [2.24, 2.45) is 5.92 Å². The molecule has 4 rings (SSSR count). The zero-order valence-electron chi connectivity index (χ0n) is 13.8. The molecular formula is C20H23N3O. The summed E-state index contributed by atoms with van der Waals surface area (Å²) in [6, 6.07) is 14.5. The molecule has 1 amide bonds. The molecule has 2 fully saturated rings. The predicted molar refractivity (Wildman–Crippen MR) is 93.4 cm³/mol. The van der Waals surface area contributed by atoms with Gasteiger partial charge in [0, 0.05) is 51.0 Å². The largest absolute Gasteiger partial charge is 0.340 e. The minimum atomic E-state index is 0.206. The molecule has 0 spiro atoms. The number of rotatable bonds is 4. The van der Waals surface area contributed by atoms with Crippen molar-refractivity contribution >= 4 is 5.91 Å². The number of nitrogens with zero attached hydrogens (tertiary/aromatic N) is 3. The fraction of sp³-hybridized carbons (Fsp3) is 0.400. The Morgan fingerprint density at radius 2 is 1.83 bits per heavy atom. The Labute approximate surface area is 143 Å². The van der Waals surface area contributed by atoms with Gasteiger partial charge in [0.15, 0.2) is 0 Å². The molecule has 0 N–H and O–H groups in total. The lowest BCUT2D eigenvalue weighted by atomic mass is 10.1. The summed E-state index contributed by atoms with van der Waals surface area (Å²) >= 11 is 0. The van der Waals surface area contributed by atoms with Gasteiger partial charge in [0.2, 0.25) is 5.91 Å². The van der Waals surface area contributed by atoms with Crippen molar-refractivity contribution in [2.75, 3.05) is 26.2 Å². The molecule has 1 aromatic heterocycles. The number of aromatic nitrogens is 1. The lowest BCUT2D eigenvalue weighted by Crippen LogP contribution is -2.48. The summed E-state index contributed by atoms with van der Waals surface area (Å²) in [5.41, 5.74) is 2.55. The topological polar surface area (TPSA) is 36.4 Å². The standard InChI is InChI=1S/C20H23N3O/c24-20(19-13-18(19)17-6-2-1-3-7-17)23-11-9-22(10-12-23)15-16-5-4-8-21-14-16/h1-8,14,18-19H,9-13,15H2/t18-,19+/m1/s1. The molecule has 124 valence electrons. The molecule has 1 aliphatic heterocycles. The molecule has 4 heteroatoms. The fourth-order valence-electron chi connectivity index (χ4n) is 3.65. The molecule has 1 saturated carbocycles. The van der Waals surface area contributed by atoms with Gasteiger partial charge in [-0.3, -0.25) is 14.7 Å². The number of carbonyl (C=O) groups is 1. The van der Waals surface area contributed by atoms with Gasteiger partial charge in [-0.2, -0.15) is 0 Å². The summed E-state index contributed by atoms with van der Waals surface area (Å²) in [6.07, 6.45) is 4.74. The molecule has 1 aliphatic carbocycles. The molecule has 0 unspecified atom stereocenters. The first-order valence-corrected chi connectivity index (χ1v) is 8.76. The third-order valence-corrected chi connectivity index (χ3v) is 5.15. The van der Waals surface area contributed by atoms with Crippen LogP contribution in [-0.4, -0.2) is 46.9 Å². The number of pyridine rings is 1. The van der Waals surface area contributed by atoms with Crippen LogP contribution in [0, 0.1) is 5.92 Å². The lowest BCUT2D eigenvalue weighted by molar-refractivity contribution is -0.134. The van der Waals surface area contributed by atoms with Crippen molar-refractivity contribution in [3.05, 3.63) is 66.0 Å². The first kappa shape index (κ1) is 15.3. The monoisotopic (exact) mass is 321 g/mol. The van der Waals surface area contributed by atoms with E-state index >= 15 is 0 Å². The first-order valence-electron chi connectivity index (χ1n) is 8.76. The van der Waals surface area contributed by atoms with E-state index in [0.29, 0.717) is 11.8 Å². The highest BCUT2D eigenvalue weighted by Crippen LogP contribution is 2.48. The summed E-state index contributed by atoms with van der Waals surface area (Å²) in [5.74, 6) is 0.995. The van der Waals surface area contributed by atoms with E-state index in [-0.39, 0.29) is 5.92 Å². The van der Waals surface area contributed by atoms with E-state index in [4.69, 9.17) is 0 Å². The number of piperazine rings is 1. The van der Waals surface area contributed by atoms with Gasteiger partial charge in [-0.15, -0.1) is 0 Å². The van der Waals surface area contributed by atoms with Crippen molar-refractivity contribution < 1.29 is 4.79 Å². The molecule has 24 heavy (non-hydrogen) atoms. The fourth-order valence-corrected chi connectivity index (χ4v) is 3.65. The van der Waals surface area contributed by atoms with E-state index < -0.39 is 0 Å². The molecule has 0 bridgehead atoms. The van der Waals surface area contributed by atoms with Gasteiger partial charge in [-0.25, -0.2) is 0 Å². The molecule has 2 atom stereocenters. The molecule has 2 aliphatic rings. The van der Waals surface area contributed by atoms with Crippen LogP contribution in [0.1, 0.15) is 23.5 Å². The quantitative estimate of drug-likeness (QED) is 0.868. The third-order valence-electron chi connectivity index (χ3n) is 5.15. The van der Waals surface area contributed by atoms with E-state index in [2.05, 4.69) is 45.1 Å². The van der Waals surface area contributed by atoms with Crippen molar-refractivity contribution in [2.45, 2.75) is 18.9 Å². The van der Waals surface area contributed by atoms with Crippen molar-refractivity contribution in [1.82, 2.24) is 14.8 Å². The van der Waals surface area contributed by atoms with E-state index in [1.165, 1.54) is 11.1 Å². The second-order valence-electron chi connectivity index (χ2n) is 6.82. The zero-order valence-corrected chi connectivity index (χ0v) is 13.8. The number of hydrogen-bond acceptors (Lipinski definition) is 3. The summed E-state index contributed by atoms with van der Waals surface area (Å²) in [4.78, 5) is 21.3. The number of hydrogen-bond donors (Lipinski definition) is 0. The number of benzene rings is 1. The summed E-state index contributed by atoms with van der Waals surface area (Å²) in [7, 11) is 0. The van der Waals surface area contributed by atoms with Crippen LogP contribution in [0.15, 0.2) is 54.9 Å². The van der Waals surface area contributed by atoms with E-state index in [1.54, 1.807) is 6.20 Å². The maximum atomic E-state index is 12.7. The Balaban J connectivity index is 1.28. The molecule has 4 nitrogen and oxygen atoms in total. The number of amides is 1. The third kappa shape index (κ3) is 3.34. The van der Waals surface area contributed by atoms with E-state index in [0.717, 1.165) is 39.1 Å². The Morgan fingerprint density at radius 3 is 2.54 bits per heavy atom. The van der Waals surface area contributed by atoms with Gasteiger partial charge >= 0.3 is 0 Å². The van der Waals surface area contributed by atoms with Gasteiger partial charge in [0.05, 0.1) is 0 Å². The first-order chi connectivity index (χ1) is 11.8. The van der Waals surface area contributed by atoms with Crippen molar-refractivity contribution in [3.63, 3.8) is 0 Å². The van der Waals surface area contributed by atoms with Crippen LogP contribution in [0.3, 0.4) is 0 Å². The molecule has 1 aromatic carbocycles. The van der Waals surface area contributed by atoms with E-state index in [9.17, 15) is 4.79 Å². The van der Waals surface area contributed by atoms with Crippen LogP contribution in [-0.2, 0) is 11.3 Å². The van der Waals surface area contributed by atoms with E-state index in [1.807, 2.05) is 18.3 Å². The van der Waals surface area contributed by atoms with Crippen LogP contribution >= 0.6 is 0 Å². The minimum absolute atomic E-state index is 0.206. The second kappa shape index (κ2) is 6.73. The van der Waals surface area contributed by atoms with Crippen LogP contribution in [0.5, 0.6) is 0 Å². The number of carbonyl (C=O) groups excluding carboxylic acids is 1. The summed E-state index contributed by atoms with van der Waals surface area (Å²) < 4.78 is 0. The predicted octanol–water partition coefficient (Wildman–Crippen LogP) is 2.53. The van der Waals surface area contributed by atoms with Gasteiger partial charge in [-0.1, -0.05) is 36.4 Å². The Morgan fingerprint density at radius 1 is 1.04 bits per heavy atom. The maximum Gasteiger partial charge on any atom is 0.226 e. The highest BCUT2D eigenvalue weighted by Gasteiger charge is 2.45. The van der Waals surface area contributed by atoms with Gasteiger partial charge in [0.1, 0.15) is 0 Å². The van der Waals surface area contributed by atoms with Crippen molar-refractivity contribution in [1.29, 1.82) is 0 Å². The summed E-state index contributed by atoms with van der Waals surface area (Å²) in [5, 5.41) is 0. The Hall–Kier alpha value is -2.20. The molecule has 2 heterocycles. The summed E-state index contributed by atoms with van der Waals surface area (Å²) in [6.45, 7) is 4.51. The molecular weight excluding hydrogens is 298 g/mol. The average Bonchev–Trinajstić information content (AvgIpc) is 3.44. The lowest BCUT2D eigenvalue weighted by Gasteiger charge is -2.35. The zero-order chi connectivity index (χ0) is 16.4. The Kier molecular flexibility index (Phi) is 4.30. The van der Waals surface area contributed by atoms with Crippen LogP contribution < -0.4 is 0 Å². The SMILES string of the molecule is O=C([C@H]1C[C@@H]1c1ccccc1)N1CCN(Cc2cccnc2)CC1. The smallest absolute Gasteiger partial charge is 0.226 e. The maximum absolute atomic E-state index is 12.7. The average molecular weight is 321 g/mol. The van der Waals surface area contributed by atoms with Crippen molar-refractivity contribution in [3.8, 4) is 0 Å².